The van der Waals surface area contributed by atoms with Crippen LogP contribution in [0, 0.1) is 5.82 Å². The summed E-state index contributed by atoms with van der Waals surface area (Å²) in [5.41, 5.74) is 0.0862. The van der Waals surface area contributed by atoms with E-state index in [0.717, 1.165) is 11.3 Å². The van der Waals surface area contributed by atoms with E-state index in [0.29, 0.717) is 29.8 Å². The maximum Gasteiger partial charge on any atom is 0.237 e. The predicted molar refractivity (Wildman–Crippen MR) is 115 cm³/mol. The smallest absolute Gasteiger partial charge is 0.237 e. The van der Waals surface area contributed by atoms with Gasteiger partial charge in [-0.15, -0.1) is 11.3 Å². The minimum absolute atomic E-state index is 0.195. The molecule has 1 saturated carbocycles. The van der Waals surface area contributed by atoms with Crippen molar-refractivity contribution >= 4 is 38.2 Å². The summed E-state index contributed by atoms with van der Waals surface area (Å²) in [6.45, 7) is 3.23. The van der Waals surface area contributed by atoms with Gasteiger partial charge in [-0.25, -0.2) is 22.8 Å². The normalized spacial score (nSPS) is 14.3. The van der Waals surface area contributed by atoms with Crippen LogP contribution < -0.4 is 10.0 Å². The molecule has 31 heavy (non-hydrogen) atoms. The van der Waals surface area contributed by atoms with Gasteiger partial charge in [-0.1, -0.05) is 0 Å². The van der Waals surface area contributed by atoms with E-state index in [9.17, 15) is 17.6 Å². The van der Waals surface area contributed by atoms with E-state index >= 15 is 0 Å². The molecule has 9 nitrogen and oxygen atoms in total. The van der Waals surface area contributed by atoms with Gasteiger partial charge in [-0.3, -0.25) is 19.5 Å². The zero-order valence-corrected chi connectivity index (χ0v) is 18.3. The van der Waals surface area contributed by atoms with E-state index in [1.807, 2.05) is 0 Å². The van der Waals surface area contributed by atoms with Crippen molar-refractivity contribution in [1.29, 1.82) is 0 Å². The third-order valence-corrected chi connectivity index (χ3v) is 7.55. The molecule has 3 aromatic heterocycles. The SMILES string of the molecule is CC(C)(C(=O)Nc1ncc(-c2cnccn2)cc1F)c1csc(NS(=O)(=O)C2CC2)n1. The molecule has 0 aromatic carbocycles. The quantitative estimate of drug-likeness (QED) is 0.553. The summed E-state index contributed by atoms with van der Waals surface area (Å²) in [5, 5.41) is 3.90. The second-order valence-corrected chi connectivity index (χ2v) is 10.4. The summed E-state index contributed by atoms with van der Waals surface area (Å²) in [6, 6.07) is 1.22. The lowest BCUT2D eigenvalue weighted by atomic mass is 9.89. The van der Waals surface area contributed by atoms with Gasteiger partial charge in [-0.2, -0.15) is 0 Å². The first-order valence-electron chi connectivity index (χ1n) is 9.38. The molecule has 0 spiro atoms. The van der Waals surface area contributed by atoms with Crippen LogP contribution in [0.1, 0.15) is 32.4 Å². The number of amides is 1. The third kappa shape index (κ3) is 4.54. The molecule has 0 unspecified atom stereocenters. The zero-order chi connectivity index (χ0) is 22.2. The van der Waals surface area contributed by atoms with Crippen LogP contribution in [0.5, 0.6) is 0 Å². The molecule has 1 aliphatic rings. The van der Waals surface area contributed by atoms with Crippen molar-refractivity contribution in [3.8, 4) is 11.3 Å². The number of sulfonamides is 1. The van der Waals surface area contributed by atoms with Gasteiger partial charge in [0, 0.05) is 29.5 Å². The van der Waals surface area contributed by atoms with E-state index < -0.39 is 27.2 Å². The number of hydrogen-bond donors (Lipinski definition) is 2. The highest BCUT2D eigenvalue weighted by Gasteiger charge is 2.37. The average molecular weight is 463 g/mol. The Kier molecular flexibility index (Phi) is 5.43. The fourth-order valence-corrected chi connectivity index (χ4v) is 5.16. The fraction of sp³-hybridized carbons (Fsp3) is 0.316. The second kappa shape index (κ2) is 7.93. The van der Waals surface area contributed by atoms with Crippen molar-refractivity contribution in [2.75, 3.05) is 10.0 Å². The van der Waals surface area contributed by atoms with Crippen molar-refractivity contribution in [2.45, 2.75) is 37.4 Å². The molecule has 1 fully saturated rings. The summed E-state index contributed by atoms with van der Waals surface area (Å²) in [6.07, 6.45) is 7.13. The van der Waals surface area contributed by atoms with E-state index in [2.05, 4.69) is 30.0 Å². The summed E-state index contributed by atoms with van der Waals surface area (Å²) in [7, 11) is -3.45. The van der Waals surface area contributed by atoms with Gasteiger partial charge < -0.3 is 5.32 Å². The van der Waals surface area contributed by atoms with Crippen LogP contribution >= 0.6 is 11.3 Å². The van der Waals surface area contributed by atoms with Crippen LogP contribution in [0.15, 0.2) is 36.2 Å². The highest BCUT2D eigenvalue weighted by atomic mass is 32.2. The molecule has 3 aromatic rings. The number of aromatic nitrogens is 4. The number of nitrogens with one attached hydrogen (secondary N) is 2. The summed E-state index contributed by atoms with van der Waals surface area (Å²) >= 11 is 1.09. The van der Waals surface area contributed by atoms with E-state index in [4.69, 9.17) is 0 Å². The summed E-state index contributed by atoms with van der Waals surface area (Å²) < 4.78 is 41.2. The number of hydrogen-bond acceptors (Lipinski definition) is 8. The van der Waals surface area contributed by atoms with Crippen LogP contribution in [0.3, 0.4) is 0 Å². The minimum Gasteiger partial charge on any atom is -0.307 e. The highest BCUT2D eigenvalue weighted by Crippen LogP contribution is 2.33. The Hall–Kier alpha value is -2.99. The Bertz CT molecular complexity index is 1230. The fourth-order valence-electron chi connectivity index (χ4n) is 2.69. The predicted octanol–water partition coefficient (Wildman–Crippen LogP) is 2.95. The molecule has 1 amide bonds. The van der Waals surface area contributed by atoms with Crippen LogP contribution in [0.4, 0.5) is 15.3 Å². The van der Waals surface area contributed by atoms with Crippen LogP contribution in [-0.4, -0.2) is 39.5 Å². The third-order valence-electron chi connectivity index (χ3n) is 4.84. The van der Waals surface area contributed by atoms with Crippen molar-refractivity contribution in [2.24, 2.45) is 0 Å². The first-order valence-corrected chi connectivity index (χ1v) is 11.8. The van der Waals surface area contributed by atoms with Crippen LogP contribution in [-0.2, 0) is 20.2 Å². The van der Waals surface area contributed by atoms with Gasteiger partial charge in [0.25, 0.3) is 0 Å². The van der Waals surface area contributed by atoms with Crippen molar-refractivity contribution in [3.63, 3.8) is 0 Å². The number of halogens is 1. The summed E-state index contributed by atoms with van der Waals surface area (Å²) in [4.78, 5) is 29.1. The number of nitrogens with zero attached hydrogens (tertiary/aromatic N) is 4. The number of carbonyl (C=O) groups excluding carboxylic acids is 1. The molecule has 0 radical (unpaired) electrons. The number of pyridine rings is 1. The average Bonchev–Trinajstić information content (AvgIpc) is 3.50. The molecular weight excluding hydrogens is 443 g/mol. The Labute approximate surface area is 182 Å². The molecule has 3 heterocycles. The molecule has 2 N–H and O–H groups in total. The summed E-state index contributed by atoms with van der Waals surface area (Å²) in [5.74, 6) is -1.48. The topological polar surface area (TPSA) is 127 Å². The molecular formula is C19H19FN6O3S2. The number of rotatable bonds is 7. The van der Waals surface area contributed by atoms with Gasteiger partial charge in [-0.05, 0) is 32.8 Å². The van der Waals surface area contributed by atoms with Crippen molar-refractivity contribution in [1.82, 2.24) is 19.9 Å². The molecule has 1 aliphatic carbocycles. The van der Waals surface area contributed by atoms with E-state index in [-0.39, 0.29) is 16.2 Å². The lowest BCUT2D eigenvalue weighted by Crippen LogP contribution is -2.35. The van der Waals surface area contributed by atoms with E-state index in [1.54, 1.807) is 19.2 Å². The van der Waals surface area contributed by atoms with Crippen molar-refractivity contribution < 1.29 is 17.6 Å². The Balaban J connectivity index is 1.49. The number of carbonyl (C=O) groups is 1. The van der Waals surface area contributed by atoms with E-state index in [1.165, 1.54) is 30.9 Å². The van der Waals surface area contributed by atoms with Gasteiger partial charge in [0.2, 0.25) is 15.9 Å². The number of anilines is 2. The first-order chi connectivity index (χ1) is 14.7. The lowest BCUT2D eigenvalue weighted by Gasteiger charge is -2.21. The standard InChI is InChI=1S/C19H19FN6O3S2/c1-19(2,15-10-30-18(24-15)26-31(28,29)12-3-4-12)17(27)25-16-13(20)7-11(8-23-16)14-9-21-5-6-22-14/h5-10,12H,3-4H2,1-2H3,(H,24,26)(H,23,25,27). The maximum atomic E-state index is 14.5. The Morgan fingerprint density at radius 3 is 2.65 bits per heavy atom. The largest absolute Gasteiger partial charge is 0.307 e. The van der Waals surface area contributed by atoms with Crippen molar-refractivity contribution in [3.05, 3.63) is 47.7 Å². The minimum atomic E-state index is -3.45. The van der Waals surface area contributed by atoms with Gasteiger partial charge >= 0.3 is 0 Å². The number of thiazole rings is 1. The van der Waals surface area contributed by atoms with Crippen LogP contribution in [0.25, 0.3) is 11.3 Å². The molecule has 0 saturated heterocycles. The molecule has 4 rings (SSSR count). The second-order valence-electron chi connectivity index (χ2n) is 7.61. The molecule has 162 valence electrons. The molecule has 12 heteroatoms. The van der Waals surface area contributed by atoms with Crippen LogP contribution in [0.2, 0.25) is 0 Å². The Morgan fingerprint density at radius 1 is 1.23 bits per heavy atom. The Morgan fingerprint density at radius 2 is 2.00 bits per heavy atom. The first kappa shape index (κ1) is 21.2. The van der Waals surface area contributed by atoms with Gasteiger partial charge in [0.05, 0.1) is 28.2 Å². The molecule has 0 bridgehead atoms. The van der Waals surface area contributed by atoms with Gasteiger partial charge in [0.1, 0.15) is 0 Å². The zero-order valence-electron chi connectivity index (χ0n) is 16.7. The molecule has 0 atom stereocenters. The molecule has 0 aliphatic heterocycles. The monoisotopic (exact) mass is 462 g/mol. The maximum absolute atomic E-state index is 14.5. The lowest BCUT2D eigenvalue weighted by molar-refractivity contribution is -0.120. The van der Waals surface area contributed by atoms with Gasteiger partial charge in [0.15, 0.2) is 16.8 Å². The highest BCUT2D eigenvalue weighted by molar-refractivity contribution is 7.93.